The van der Waals surface area contributed by atoms with Crippen LogP contribution in [0.4, 0.5) is 10.3 Å². The SMILES string of the molecule is CC.CNC1CN(C(=O)c2nc(NCc3cncc(F)c3)nc3ccsc23)C1. The minimum Gasteiger partial charge on any atom is -0.350 e. The van der Waals surface area contributed by atoms with Gasteiger partial charge in [0, 0.05) is 31.9 Å². The van der Waals surface area contributed by atoms with Crippen molar-refractivity contribution in [3.8, 4) is 0 Å². The van der Waals surface area contributed by atoms with Crippen molar-refractivity contribution in [3.05, 3.63) is 47.0 Å². The standard InChI is InChI=1S/C17H17FN6OS.C2H6/c1-19-12-8-24(9-12)16(25)14-15-13(2-3-26-15)22-17(23-14)21-6-10-4-11(18)7-20-5-10;1-2/h2-5,7,12,19H,6,8-9H2,1H3,(H,21,22,23);1-2H3. The van der Waals surface area contributed by atoms with E-state index < -0.39 is 5.82 Å². The fourth-order valence-corrected chi connectivity index (χ4v) is 3.61. The van der Waals surface area contributed by atoms with Crippen molar-refractivity contribution >= 4 is 33.4 Å². The molecule has 0 saturated carbocycles. The van der Waals surface area contributed by atoms with E-state index in [4.69, 9.17) is 0 Å². The third kappa shape index (κ3) is 4.26. The molecular weight excluding hydrogens is 379 g/mol. The zero-order valence-electron chi connectivity index (χ0n) is 16.1. The van der Waals surface area contributed by atoms with E-state index >= 15 is 0 Å². The second kappa shape index (κ2) is 9.03. The lowest BCUT2D eigenvalue weighted by Crippen LogP contribution is -2.59. The minimum atomic E-state index is -0.397. The van der Waals surface area contributed by atoms with E-state index in [-0.39, 0.29) is 5.91 Å². The Balaban J connectivity index is 0.00000109. The third-order valence-electron chi connectivity index (χ3n) is 4.30. The highest BCUT2D eigenvalue weighted by Gasteiger charge is 2.32. The number of fused-ring (bicyclic) bond motifs is 1. The maximum atomic E-state index is 13.2. The van der Waals surface area contributed by atoms with Gasteiger partial charge in [0.15, 0.2) is 5.69 Å². The number of likely N-dealkylation sites (N-methyl/N-ethyl adjacent to an activating group) is 1. The van der Waals surface area contributed by atoms with Gasteiger partial charge < -0.3 is 15.5 Å². The van der Waals surface area contributed by atoms with Gasteiger partial charge in [-0.15, -0.1) is 11.3 Å². The van der Waals surface area contributed by atoms with Crippen LogP contribution < -0.4 is 10.6 Å². The van der Waals surface area contributed by atoms with Gasteiger partial charge in [-0.1, -0.05) is 13.8 Å². The highest BCUT2D eigenvalue weighted by molar-refractivity contribution is 7.17. The normalized spacial score (nSPS) is 13.6. The van der Waals surface area contributed by atoms with Crippen LogP contribution >= 0.6 is 11.3 Å². The number of anilines is 1. The number of likely N-dealkylation sites (tertiary alicyclic amines) is 1. The first-order chi connectivity index (χ1) is 13.6. The molecule has 2 N–H and O–H groups in total. The summed E-state index contributed by atoms with van der Waals surface area (Å²) in [4.78, 5) is 27.3. The number of amides is 1. The molecule has 9 heteroatoms. The first-order valence-corrected chi connectivity index (χ1v) is 10.1. The van der Waals surface area contributed by atoms with Crippen molar-refractivity contribution in [2.45, 2.75) is 26.4 Å². The van der Waals surface area contributed by atoms with Crippen molar-refractivity contribution < 1.29 is 9.18 Å². The van der Waals surface area contributed by atoms with Gasteiger partial charge >= 0.3 is 0 Å². The molecule has 3 aromatic rings. The fourth-order valence-electron chi connectivity index (χ4n) is 2.80. The Labute approximate surface area is 167 Å². The van der Waals surface area contributed by atoms with Crippen molar-refractivity contribution in [1.82, 2.24) is 25.2 Å². The highest BCUT2D eigenvalue weighted by atomic mass is 32.1. The number of carbonyl (C=O) groups is 1. The fraction of sp³-hybridized carbons (Fsp3) is 0.368. The maximum absolute atomic E-state index is 13.2. The zero-order valence-corrected chi connectivity index (χ0v) is 16.9. The largest absolute Gasteiger partial charge is 0.350 e. The second-order valence-corrected chi connectivity index (χ2v) is 7.01. The van der Waals surface area contributed by atoms with Crippen LogP contribution in [0.2, 0.25) is 0 Å². The van der Waals surface area contributed by atoms with Gasteiger partial charge in [-0.05, 0) is 30.1 Å². The summed E-state index contributed by atoms with van der Waals surface area (Å²) in [5.74, 6) is -0.151. The molecule has 7 nitrogen and oxygen atoms in total. The average molecular weight is 402 g/mol. The number of hydrogen-bond acceptors (Lipinski definition) is 7. The molecule has 1 amide bonds. The summed E-state index contributed by atoms with van der Waals surface area (Å²) in [5, 5.41) is 8.10. The lowest BCUT2D eigenvalue weighted by Gasteiger charge is -2.38. The van der Waals surface area contributed by atoms with Gasteiger partial charge in [0.2, 0.25) is 5.95 Å². The Morgan fingerprint density at radius 3 is 2.82 bits per heavy atom. The maximum Gasteiger partial charge on any atom is 0.274 e. The van der Waals surface area contributed by atoms with E-state index in [1.165, 1.54) is 17.4 Å². The average Bonchev–Trinajstić information content (AvgIpc) is 3.15. The number of rotatable bonds is 5. The lowest BCUT2D eigenvalue weighted by molar-refractivity contribution is 0.0573. The minimum absolute atomic E-state index is 0.0955. The van der Waals surface area contributed by atoms with Gasteiger partial charge in [-0.3, -0.25) is 9.78 Å². The third-order valence-corrected chi connectivity index (χ3v) is 5.21. The zero-order chi connectivity index (χ0) is 20.1. The quantitative estimate of drug-likeness (QED) is 0.683. The van der Waals surface area contributed by atoms with E-state index in [9.17, 15) is 9.18 Å². The Bertz CT molecular complexity index is 957. The molecule has 0 spiro atoms. The second-order valence-electron chi connectivity index (χ2n) is 6.09. The molecule has 1 saturated heterocycles. The van der Waals surface area contributed by atoms with Crippen LogP contribution in [0, 0.1) is 5.82 Å². The molecule has 148 valence electrons. The number of nitrogens with zero attached hydrogens (tertiary/aromatic N) is 4. The van der Waals surface area contributed by atoms with E-state index in [0.29, 0.717) is 42.9 Å². The lowest BCUT2D eigenvalue weighted by atomic mass is 10.1. The number of nitrogens with one attached hydrogen (secondary N) is 2. The number of hydrogen-bond donors (Lipinski definition) is 2. The van der Waals surface area contributed by atoms with Crippen LogP contribution in [0.5, 0.6) is 0 Å². The van der Waals surface area contributed by atoms with Gasteiger partial charge in [-0.2, -0.15) is 0 Å². The predicted molar refractivity (Wildman–Crippen MR) is 109 cm³/mol. The van der Waals surface area contributed by atoms with Crippen LogP contribution in [0.15, 0.2) is 29.9 Å². The number of carbonyl (C=O) groups excluding carboxylic acids is 1. The van der Waals surface area contributed by atoms with E-state index in [2.05, 4.69) is 25.6 Å². The van der Waals surface area contributed by atoms with Gasteiger partial charge in [0.25, 0.3) is 5.91 Å². The van der Waals surface area contributed by atoms with Crippen LogP contribution in [-0.2, 0) is 6.54 Å². The van der Waals surface area contributed by atoms with Gasteiger partial charge in [-0.25, -0.2) is 14.4 Å². The van der Waals surface area contributed by atoms with Crippen molar-refractivity contribution in [2.24, 2.45) is 0 Å². The monoisotopic (exact) mass is 402 g/mol. The molecule has 0 unspecified atom stereocenters. The van der Waals surface area contributed by atoms with E-state index in [0.717, 1.165) is 16.4 Å². The van der Waals surface area contributed by atoms with Crippen molar-refractivity contribution in [3.63, 3.8) is 0 Å². The first kappa shape index (κ1) is 20.1. The Kier molecular flexibility index (Phi) is 6.48. The molecule has 0 atom stereocenters. The van der Waals surface area contributed by atoms with Gasteiger partial charge in [0.1, 0.15) is 5.82 Å². The predicted octanol–water partition coefficient (Wildman–Crippen LogP) is 2.91. The Morgan fingerprint density at radius 1 is 1.32 bits per heavy atom. The Morgan fingerprint density at radius 2 is 2.11 bits per heavy atom. The Hall–Kier alpha value is -2.65. The molecule has 1 fully saturated rings. The summed E-state index contributed by atoms with van der Waals surface area (Å²) < 4.78 is 14.0. The molecule has 1 aliphatic rings. The highest BCUT2D eigenvalue weighted by Crippen LogP contribution is 2.26. The van der Waals surface area contributed by atoms with Crippen LogP contribution in [0.25, 0.3) is 10.2 Å². The molecule has 3 aromatic heterocycles. The molecule has 1 aliphatic heterocycles. The number of halogens is 1. The molecular formula is C19H23FN6OS. The molecule has 0 aromatic carbocycles. The molecule has 0 aliphatic carbocycles. The summed E-state index contributed by atoms with van der Waals surface area (Å²) in [5.41, 5.74) is 1.80. The summed E-state index contributed by atoms with van der Waals surface area (Å²) in [6.07, 6.45) is 2.73. The molecule has 0 radical (unpaired) electrons. The van der Waals surface area contributed by atoms with E-state index in [1.54, 1.807) is 11.1 Å². The summed E-state index contributed by atoms with van der Waals surface area (Å²) in [6, 6.07) is 3.59. The first-order valence-electron chi connectivity index (χ1n) is 9.19. The summed E-state index contributed by atoms with van der Waals surface area (Å²) in [7, 11) is 1.89. The van der Waals surface area contributed by atoms with Crippen molar-refractivity contribution in [1.29, 1.82) is 0 Å². The molecule has 4 rings (SSSR count). The summed E-state index contributed by atoms with van der Waals surface area (Å²) in [6.45, 7) is 5.66. The molecule has 0 bridgehead atoms. The molecule has 4 heterocycles. The molecule has 28 heavy (non-hydrogen) atoms. The number of thiophene rings is 1. The van der Waals surface area contributed by atoms with Crippen LogP contribution in [0.1, 0.15) is 29.9 Å². The number of aromatic nitrogens is 3. The summed E-state index contributed by atoms with van der Waals surface area (Å²) >= 11 is 1.45. The number of pyridine rings is 1. The smallest absolute Gasteiger partial charge is 0.274 e. The van der Waals surface area contributed by atoms with Gasteiger partial charge in [0.05, 0.1) is 16.4 Å². The van der Waals surface area contributed by atoms with Crippen LogP contribution in [-0.4, -0.2) is 51.9 Å². The van der Waals surface area contributed by atoms with Crippen LogP contribution in [0.3, 0.4) is 0 Å². The van der Waals surface area contributed by atoms with Crippen molar-refractivity contribution in [2.75, 3.05) is 25.5 Å². The topological polar surface area (TPSA) is 83.0 Å². The van der Waals surface area contributed by atoms with E-state index in [1.807, 2.05) is 32.3 Å².